The fraction of sp³-hybridized carbons (Fsp3) is 0.533. The van der Waals surface area contributed by atoms with Gasteiger partial charge in [0.2, 0.25) is 15.9 Å². The summed E-state index contributed by atoms with van der Waals surface area (Å²) < 4.78 is 26.6. The number of hydrogen-bond donors (Lipinski definition) is 0. The zero-order valence-electron chi connectivity index (χ0n) is 12.5. The first-order valence-corrected chi connectivity index (χ1v) is 8.71. The molecule has 0 N–H and O–H groups in total. The van der Waals surface area contributed by atoms with Gasteiger partial charge < -0.3 is 4.90 Å². The average Bonchev–Trinajstić information content (AvgIpc) is 2.73. The van der Waals surface area contributed by atoms with E-state index in [0.717, 1.165) is 0 Å². The molecule has 1 aromatic carbocycles. The van der Waals surface area contributed by atoms with Crippen molar-refractivity contribution in [2.75, 3.05) is 26.2 Å². The minimum atomic E-state index is -3.46. The summed E-state index contributed by atoms with van der Waals surface area (Å²) in [6.45, 7) is 5.63. The van der Waals surface area contributed by atoms with Gasteiger partial charge in [0.1, 0.15) is 0 Å². The van der Waals surface area contributed by atoms with Gasteiger partial charge in [-0.3, -0.25) is 4.79 Å². The molecule has 116 valence electrons. The predicted molar refractivity (Wildman–Crippen MR) is 81.2 cm³/mol. The highest BCUT2D eigenvalue weighted by molar-refractivity contribution is 7.89. The molecule has 0 unspecified atom stereocenters. The van der Waals surface area contributed by atoms with E-state index in [9.17, 15) is 13.2 Å². The molecule has 0 aliphatic carbocycles. The van der Waals surface area contributed by atoms with E-state index in [1.165, 1.54) is 4.31 Å². The van der Waals surface area contributed by atoms with Crippen molar-refractivity contribution in [1.29, 1.82) is 0 Å². The van der Waals surface area contributed by atoms with Crippen LogP contribution in [-0.2, 0) is 14.8 Å². The van der Waals surface area contributed by atoms with Crippen LogP contribution in [0.15, 0.2) is 35.2 Å². The predicted octanol–water partition coefficient (Wildman–Crippen LogP) is 1.57. The second kappa shape index (κ2) is 6.58. The lowest BCUT2D eigenvalue weighted by Crippen LogP contribution is -2.38. The summed E-state index contributed by atoms with van der Waals surface area (Å²) in [5.41, 5.74) is 0. The van der Waals surface area contributed by atoms with E-state index < -0.39 is 10.0 Å². The number of amides is 1. The molecule has 0 aromatic heterocycles. The molecular formula is C15H22N2O3S. The maximum absolute atomic E-state index is 12.6. The van der Waals surface area contributed by atoms with Gasteiger partial charge in [0, 0.05) is 32.1 Å². The van der Waals surface area contributed by atoms with Crippen LogP contribution in [0.2, 0.25) is 0 Å². The Morgan fingerprint density at radius 1 is 1.05 bits per heavy atom. The molecule has 1 fully saturated rings. The highest BCUT2D eigenvalue weighted by Gasteiger charge is 2.28. The van der Waals surface area contributed by atoms with E-state index in [2.05, 4.69) is 0 Å². The molecule has 6 heteroatoms. The fourth-order valence-corrected chi connectivity index (χ4v) is 3.95. The Bertz CT molecular complexity index is 584. The minimum Gasteiger partial charge on any atom is -0.341 e. The van der Waals surface area contributed by atoms with Gasteiger partial charge in [0.25, 0.3) is 0 Å². The maximum atomic E-state index is 12.6. The Morgan fingerprint density at radius 2 is 1.71 bits per heavy atom. The van der Waals surface area contributed by atoms with Crippen LogP contribution in [0.4, 0.5) is 0 Å². The van der Waals surface area contributed by atoms with Crippen LogP contribution in [-0.4, -0.2) is 49.7 Å². The van der Waals surface area contributed by atoms with Gasteiger partial charge in [0.05, 0.1) is 4.90 Å². The van der Waals surface area contributed by atoms with Crippen molar-refractivity contribution >= 4 is 15.9 Å². The lowest BCUT2D eigenvalue weighted by atomic mass is 10.2. The van der Waals surface area contributed by atoms with E-state index in [4.69, 9.17) is 0 Å². The van der Waals surface area contributed by atoms with Gasteiger partial charge in [-0.25, -0.2) is 8.42 Å². The number of sulfonamides is 1. The molecule has 2 rings (SSSR count). The van der Waals surface area contributed by atoms with Crippen molar-refractivity contribution < 1.29 is 13.2 Å². The van der Waals surface area contributed by atoms with Crippen LogP contribution in [0.25, 0.3) is 0 Å². The lowest BCUT2D eigenvalue weighted by molar-refractivity contribution is -0.134. The Balaban J connectivity index is 2.12. The van der Waals surface area contributed by atoms with E-state index in [0.29, 0.717) is 37.5 Å². The summed E-state index contributed by atoms with van der Waals surface area (Å²) >= 11 is 0. The van der Waals surface area contributed by atoms with Crippen molar-refractivity contribution in [2.45, 2.75) is 25.2 Å². The molecule has 0 atom stereocenters. The highest BCUT2D eigenvalue weighted by atomic mass is 32.2. The van der Waals surface area contributed by atoms with Crippen LogP contribution >= 0.6 is 0 Å². The van der Waals surface area contributed by atoms with Crippen molar-refractivity contribution in [1.82, 2.24) is 9.21 Å². The molecule has 1 heterocycles. The summed E-state index contributed by atoms with van der Waals surface area (Å²) in [5, 5.41) is 0. The third kappa shape index (κ3) is 3.63. The van der Waals surface area contributed by atoms with Crippen LogP contribution in [0.3, 0.4) is 0 Å². The molecule has 1 saturated heterocycles. The molecule has 21 heavy (non-hydrogen) atoms. The number of benzene rings is 1. The Labute approximate surface area is 126 Å². The number of carbonyl (C=O) groups is 1. The van der Waals surface area contributed by atoms with Gasteiger partial charge in [0.15, 0.2) is 0 Å². The molecule has 1 aliphatic rings. The van der Waals surface area contributed by atoms with Crippen LogP contribution in [0, 0.1) is 5.92 Å². The second-order valence-corrected chi connectivity index (χ2v) is 7.49. The minimum absolute atomic E-state index is 0.0534. The lowest BCUT2D eigenvalue weighted by Gasteiger charge is -2.23. The smallest absolute Gasteiger partial charge is 0.243 e. The van der Waals surface area contributed by atoms with Gasteiger partial charge >= 0.3 is 0 Å². The molecular weight excluding hydrogens is 288 g/mol. The quantitative estimate of drug-likeness (QED) is 0.851. The van der Waals surface area contributed by atoms with Gasteiger partial charge in [-0.15, -0.1) is 0 Å². The number of carbonyl (C=O) groups excluding carboxylic acids is 1. The van der Waals surface area contributed by atoms with Crippen molar-refractivity contribution in [3.8, 4) is 0 Å². The first-order chi connectivity index (χ1) is 9.93. The highest BCUT2D eigenvalue weighted by Crippen LogP contribution is 2.18. The largest absolute Gasteiger partial charge is 0.341 e. The third-order valence-electron chi connectivity index (χ3n) is 3.64. The first-order valence-electron chi connectivity index (χ1n) is 7.27. The molecule has 1 aromatic rings. The molecule has 0 saturated carbocycles. The third-order valence-corrected chi connectivity index (χ3v) is 5.55. The zero-order valence-corrected chi connectivity index (χ0v) is 13.3. The van der Waals surface area contributed by atoms with Crippen molar-refractivity contribution in [3.63, 3.8) is 0 Å². The van der Waals surface area contributed by atoms with Crippen LogP contribution in [0.5, 0.6) is 0 Å². The number of hydrogen-bond acceptors (Lipinski definition) is 3. The maximum Gasteiger partial charge on any atom is 0.243 e. The molecule has 0 bridgehead atoms. The average molecular weight is 310 g/mol. The van der Waals surface area contributed by atoms with E-state index in [1.807, 2.05) is 13.8 Å². The summed E-state index contributed by atoms with van der Waals surface area (Å²) in [7, 11) is -3.46. The SMILES string of the molecule is CC(C)C(=O)N1CCCN(S(=O)(=O)c2ccccc2)CC1. The molecule has 0 spiro atoms. The van der Waals surface area contributed by atoms with Crippen LogP contribution < -0.4 is 0 Å². The van der Waals surface area contributed by atoms with Crippen molar-refractivity contribution in [2.24, 2.45) is 5.92 Å². The van der Waals surface area contributed by atoms with E-state index in [-0.39, 0.29) is 11.8 Å². The summed E-state index contributed by atoms with van der Waals surface area (Å²) in [4.78, 5) is 14.1. The summed E-state index contributed by atoms with van der Waals surface area (Å²) in [6, 6.07) is 8.46. The van der Waals surface area contributed by atoms with Crippen LogP contribution in [0.1, 0.15) is 20.3 Å². The first kappa shape index (κ1) is 16.0. The molecule has 0 radical (unpaired) electrons. The van der Waals surface area contributed by atoms with Crippen molar-refractivity contribution in [3.05, 3.63) is 30.3 Å². The van der Waals surface area contributed by atoms with E-state index in [1.54, 1.807) is 35.2 Å². The molecule has 1 aliphatic heterocycles. The Hall–Kier alpha value is -1.40. The number of nitrogens with zero attached hydrogens (tertiary/aromatic N) is 2. The van der Waals surface area contributed by atoms with Gasteiger partial charge in [-0.05, 0) is 18.6 Å². The molecule has 5 nitrogen and oxygen atoms in total. The fourth-order valence-electron chi connectivity index (χ4n) is 2.46. The zero-order chi connectivity index (χ0) is 15.5. The Kier molecular flexibility index (Phi) is 5.00. The molecule has 1 amide bonds. The monoisotopic (exact) mass is 310 g/mol. The normalized spacial score (nSPS) is 17.8. The summed E-state index contributed by atoms with van der Waals surface area (Å²) in [5.74, 6) is 0.0382. The van der Waals surface area contributed by atoms with Gasteiger partial charge in [-0.2, -0.15) is 4.31 Å². The Morgan fingerprint density at radius 3 is 2.33 bits per heavy atom. The topological polar surface area (TPSA) is 57.7 Å². The summed E-state index contributed by atoms with van der Waals surface area (Å²) in [6.07, 6.45) is 0.671. The van der Waals surface area contributed by atoms with Gasteiger partial charge in [-0.1, -0.05) is 32.0 Å². The van der Waals surface area contributed by atoms with E-state index >= 15 is 0 Å². The number of rotatable bonds is 3. The second-order valence-electron chi connectivity index (χ2n) is 5.55. The standard InChI is InChI=1S/C15H22N2O3S/c1-13(2)15(18)16-9-6-10-17(12-11-16)21(19,20)14-7-4-3-5-8-14/h3-5,7-8,13H,6,9-12H2,1-2H3.